The molecule has 24 heavy (non-hydrogen) atoms. The molecule has 0 amide bonds. The summed E-state index contributed by atoms with van der Waals surface area (Å²) in [5.41, 5.74) is 4.67. The Morgan fingerprint density at radius 3 is 2.96 bits per heavy atom. The number of nitrogens with one attached hydrogen (secondary N) is 2. The van der Waals surface area contributed by atoms with Gasteiger partial charge < -0.3 is 15.2 Å². The van der Waals surface area contributed by atoms with Crippen molar-refractivity contribution in [3.8, 4) is 0 Å². The fraction of sp³-hybridized carbons (Fsp3) is 0.300. The number of aromatic amines is 1. The van der Waals surface area contributed by atoms with Crippen LogP contribution >= 0.6 is 11.3 Å². The molecule has 1 atom stereocenters. The predicted octanol–water partition coefficient (Wildman–Crippen LogP) is 5.37. The Morgan fingerprint density at radius 2 is 2.25 bits per heavy atom. The molecule has 0 bridgehead atoms. The highest BCUT2D eigenvalue weighted by Crippen LogP contribution is 2.33. The Balaban J connectivity index is 0.00000169. The molecule has 0 spiro atoms. The number of fused-ring (bicyclic) bond motifs is 1. The molecule has 1 aliphatic rings. The number of hydrogen-bond acceptors (Lipinski definition) is 3. The van der Waals surface area contributed by atoms with E-state index in [4.69, 9.17) is 0 Å². The van der Waals surface area contributed by atoms with Crippen molar-refractivity contribution < 1.29 is 0 Å². The smallest absolute Gasteiger partial charge is 0.0499 e. The summed E-state index contributed by atoms with van der Waals surface area (Å²) in [6, 6.07) is 10.7. The standard InChI is InChI=1S/C19H21N3S.CH4/c1-13(19-4-3-9-23-19)21-15-5-6-16-17(11-20-18(16)10-15)14-7-8-22(2)12-14;/h3-6,9-11,14,20-21H,1,7-8,12H2,2H3;1H4. The molecule has 2 N–H and O–H groups in total. The Bertz CT molecular complexity index is 832. The summed E-state index contributed by atoms with van der Waals surface area (Å²) in [6.07, 6.45) is 3.44. The second kappa shape index (κ2) is 6.83. The van der Waals surface area contributed by atoms with Crippen LogP contribution in [0.25, 0.3) is 16.6 Å². The van der Waals surface area contributed by atoms with Crippen LogP contribution in [0.1, 0.15) is 30.2 Å². The summed E-state index contributed by atoms with van der Waals surface area (Å²) < 4.78 is 0. The molecular formula is C20H25N3S. The van der Waals surface area contributed by atoms with Crippen molar-refractivity contribution in [3.63, 3.8) is 0 Å². The lowest BCUT2D eigenvalue weighted by Crippen LogP contribution is -2.13. The minimum absolute atomic E-state index is 0. The second-order valence-electron chi connectivity index (χ2n) is 6.33. The largest absolute Gasteiger partial charge is 0.361 e. The molecule has 1 aliphatic heterocycles. The van der Waals surface area contributed by atoms with Gasteiger partial charge in [-0.1, -0.05) is 26.1 Å². The number of aromatic nitrogens is 1. The fourth-order valence-corrected chi connectivity index (χ4v) is 4.09. The van der Waals surface area contributed by atoms with E-state index < -0.39 is 0 Å². The molecule has 4 rings (SSSR count). The SMILES string of the molecule is C.C=C(Nc1ccc2c(C3CCN(C)C3)c[nH]c2c1)c1cccs1. The minimum atomic E-state index is 0. The average molecular weight is 340 g/mol. The number of likely N-dealkylation sites (N-methyl/N-ethyl adjacent to an activating group) is 1. The van der Waals surface area contributed by atoms with Gasteiger partial charge in [0.2, 0.25) is 0 Å². The Kier molecular flexibility index (Phi) is 4.78. The van der Waals surface area contributed by atoms with Crippen LogP contribution in [0, 0.1) is 0 Å². The first-order chi connectivity index (χ1) is 11.2. The van der Waals surface area contributed by atoms with Gasteiger partial charge >= 0.3 is 0 Å². The quantitative estimate of drug-likeness (QED) is 0.670. The third-order valence-electron chi connectivity index (χ3n) is 4.66. The topological polar surface area (TPSA) is 31.1 Å². The number of benzene rings is 1. The molecule has 3 nitrogen and oxygen atoms in total. The molecule has 126 valence electrons. The molecule has 4 heteroatoms. The molecule has 0 saturated carbocycles. The Labute approximate surface area is 148 Å². The first-order valence-electron chi connectivity index (χ1n) is 8.00. The Morgan fingerprint density at radius 1 is 1.38 bits per heavy atom. The summed E-state index contributed by atoms with van der Waals surface area (Å²) in [5, 5.41) is 6.83. The van der Waals surface area contributed by atoms with E-state index >= 15 is 0 Å². The Hall–Kier alpha value is -2.04. The van der Waals surface area contributed by atoms with Gasteiger partial charge in [0.05, 0.1) is 0 Å². The van der Waals surface area contributed by atoms with Gasteiger partial charge in [-0.25, -0.2) is 0 Å². The van der Waals surface area contributed by atoms with Crippen molar-refractivity contribution in [1.82, 2.24) is 9.88 Å². The number of nitrogens with zero attached hydrogens (tertiary/aromatic N) is 1. The van der Waals surface area contributed by atoms with Crippen LogP contribution in [-0.2, 0) is 0 Å². The first kappa shape index (κ1) is 16.8. The van der Waals surface area contributed by atoms with Gasteiger partial charge in [-0.05, 0) is 55.1 Å². The number of thiophene rings is 1. The lowest BCUT2D eigenvalue weighted by Gasteiger charge is -2.10. The van der Waals surface area contributed by atoms with Crippen LogP contribution in [0.15, 0.2) is 48.5 Å². The van der Waals surface area contributed by atoms with Crippen LogP contribution in [0.3, 0.4) is 0 Å². The minimum Gasteiger partial charge on any atom is -0.361 e. The number of likely N-dealkylation sites (tertiary alicyclic amines) is 1. The second-order valence-corrected chi connectivity index (χ2v) is 7.28. The third kappa shape index (κ3) is 3.12. The summed E-state index contributed by atoms with van der Waals surface area (Å²) in [5.74, 6) is 0.647. The highest BCUT2D eigenvalue weighted by molar-refractivity contribution is 7.11. The van der Waals surface area contributed by atoms with E-state index in [1.54, 1.807) is 11.3 Å². The molecular weight excluding hydrogens is 314 g/mol. The highest BCUT2D eigenvalue weighted by Gasteiger charge is 2.23. The van der Waals surface area contributed by atoms with E-state index in [2.05, 4.69) is 64.7 Å². The summed E-state index contributed by atoms with van der Waals surface area (Å²) in [4.78, 5) is 7.02. The molecule has 1 unspecified atom stereocenters. The molecule has 3 heterocycles. The summed E-state index contributed by atoms with van der Waals surface area (Å²) in [7, 11) is 2.20. The predicted molar refractivity (Wildman–Crippen MR) is 107 cm³/mol. The van der Waals surface area contributed by atoms with Gasteiger partial charge in [-0.3, -0.25) is 0 Å². The maximum atomic E-state index is 4.13. The van der Waals surface area contributed by atoms with E-state index in [9.17, 15) is 0 Å². The van der Waals surface area contributed by atoms with Crippen molar-refractivity contribution in [3.05, 3.63) is 58.9 Å². The number of rotatable bonds is 4. The van der Waals surface area contributed by atoms with E-state index in [1.807, 2.05) is 6.07 Å². The highest BCUT2D eigenvalue weighted by atomic mass is 32.1. The normalized spacial score (nSPS) is 17.8. The first-order valence-corrected chi connectivity index (χ1v) is 8.88. The molecule has 0 aliphatic carbocycles. The van der Waals surface area contributed by atoms with Gasteiger partial charge in [-0.15, -0.1) is 11.3 Å². The zero-order chi connectivity index (χ0) is 15.8. The van der Waals surface area contributed by atoms with Gasteiger partial charge in [-0.2, -0.15) is 0 Å². The van der Waals surface area contributed by atoms with Crippen molar-refractivity contribution in [1.29, 1.82) is 0 Å². The number of H-pyrrole nitrogens is 1. The molecule has 1 aromatic carbocycles. The van der Waals surface area contributed by atoms with Crippen molar-refractivity contribution in [2.75, 3.05) is 25.5 Å². The average Bonchev–Trinajstić information content (AvgIpc) is 3.26. The fourth-order valence-electron chi connectivity index (χ4n) is 3.44. The van der Waals surface area contributed by atoms with Gasteiger partial charge in [0.15, 0.2) is 0 Å². The van der Waals surface area contributed by atoms with Gasteiger partial charge in [0.1, 0.15) is 0 Å². The van der Waals surface area contributed by atoms with Crippen LogP contribution in [0.5, 0.6) is 0 Å². The molecule has 3 aromatic rings. The van der Waals surface area contributed by atoms with Crippen LogP contribution in [0.2, 0.25) is 0 Å². The summed E-state index contributed by atoms with van der Waals surface area (Å²) in [6.45, 7) is 6.48. The van der Waals surface area contributed by atoms with E-state index in [1.165, 1.54) is 34.3 Å². The van der Waals surface area contributed by atoms with Crippen molar-refractivity contribution in [2.45, 2.75) is 19.8 Å². The maximum Gasteiger partial charge on any atom is 0.0499 e. The van der Waals surface area contributed by atoms with E-state index in [0.717, 1.165) is 17.9 Å². The number of anilines is 1. The van der Waals surface area contributed by atoms with Gasteiger partial charge in [0.25, 0.3) is 0 Å². The molecule has 1 fully saturated rings. The van der Waals surface area contributed by atoms with Crippen LogP contribution < -0.4 is 5.32 Å². The monoisotopic (exact) mass is 339 g/mol. The lowest BCUT2D eigenvalue weighted by molar-refractivity contribution is 0.412. The number of hydrogen-bond donors (Lipinski definition) is 2. The molecule has 1 saturated heterocycles. The molecule has 0 radical (unpaired) electrons. The van der Waals surface area contributed by atoms with Crippen molar-refractivity contribution in [2.24, 2.45) is 0 Å². The van der Waals surface area contributed by atoms with E-state index in [0.29, 0.717) is 5.92 Å². The zero-order valence-corrected chi connectivity index (χ0v) is 14.1. The van der Waals surface area contributed by atoms with Crippen LogP contribution in [0.4, 0.5) is 5.69 Å². The third-order valence-corrected chi connectivity index (χ3v) is 5.59. The summed E-state index contributed by atoms with van der Waals surface area (Å²) >= 11 is 1.70. The van der Waals surface area contributed by atoms with Gasteiger partial charge in [0, 0.05) is 39.9 Å². The van der Waals surface area contributed by atoms with E-state index in [-0.39, 0.29) is 7.43 Å². The van der Waals surface area contributed by atoms with Crippen LogP contribution in [-0.4, -0.2) is 30.0 Å². The maximum absolute atomic E-state index is 4.13. The zero-order valence-electron chi connectivity index (χ0n) is 13.3. The lowest BCUT2D eigenvalue weighted by atomic mass is 9.98. The molecule has 2 aromatic heterocycles. The van der Waals surface area contributed by atoms with Crippen molar-refractivity contribution >= 4 is 33.6 Å².